The van der Waals surface area contributed by atoms with Crippen LogP contribution in [-0.4, -0.2) is 48.9 Å². The molecule has 1 aliphatic heterocycles. The van der Waals surface area contributed by atoms with E-state index in [1.807, 2.05) is 24.3 Å². The van der Waals surface area contributed by atoms with E-state index in [4.69, 9.17) is 19.5 Å². The molecular weight excluding hydrogens is 350 g/mol. The fraction of sp³-hybridized carbons (Fsp3) is 0.526. The van der Waals surface area contributed by atoms with E-state index >= 15 is 0 Å². The third kappa shape index (κ3) is 6.70. The van der Waals surface area contributed by atoms with E-state index in [-0.39, 0.29) is 32.2 Å². The van der Waals surface area contributed by atoms with Crippen molar-refractivity contribution in [2.75, 3.05) is 26.4 Å². The van der Waals surface area contributed by atoms with Gasteiger partial charge in [-0.25, -0.2) is 4.79 Å². The standard InChI is InChI=1S/C19H25N3O5/c1-19(2,3)27-18(24)22(10-4-8-20)12-17(23)21-9-7-14-5-6-15-16(11-14)26-13-25-15/h5-6,11H,4,7,9-10,12-13H2,1-3H3,(H,21,23). The monoisotopic (exact) mass is 375 g/mol. The number of nitriles is 1. The molecule has 8 nitrogen and oxygen atoms in total. The van der Waals surface area contributed by atoms with Crippen LogP contribution in [0.1, 0.15) is 32.8 Å². The summed E-state index contributed by atoms with van der Waals surface area (Å²) >= 11 is 0. The van der Waals surface area contributed by atoms with Crippen LogP contribution in [-0.2, 0) is 16.0 Å². The van der Waals surface area contributed by atoms with Gasteiger partial charge in [-0.1, -0.05) is 6.07 Å². The van der Waals surface area contributed by atoms with Gasteiger partial charge in [0, 0.05) is 13.1 Å². The van der Waals surface area contributed by atoms with Crippen molar-refractivity contribution in [1.29, 1.82) is 5.26 Å². The van der Waals surface area contributed by atoms with Crippen LogP contribution in [0.25, 0.3) is 0 Å². The number of nitrogens with one attached hydrogen (secondary N) is 1. The highest BCUT2D eigenvalue weighted by Gasteiger charge is 2.23. The number of fused-ring (bicyclic) bond motifs is 1. The van der Waals surface area contributed by atoms with Gasteiger partial charge in [-0.15, -0.1) is 0 Å². The summed E-state index contributed by atoms with van der Waals surface area (Å²) in [6, 6.07) is 7.61. The smallest absolute Gasteiger partial charge is 0.410 e. The molecule has 0 aromatic heterocycles. The Bertz CT molecular complexity index is 721. The van der Waals surface area contributed by atoms with Gasteiger partial charge in [0.2, 0.25) is 12.7 Å². The average molecular weight is 375 g/mol. The number of nitrogens with zero attached hydrogens (tertiary/aromatic N) is 2. The lowest BCUT2D eigenvalue weighted by Gasteiger charge is -2.26. The molecule has 1 aromatic rings. The molecule has 0 saturated heterocycles. The van der Waals surface area contributed by atoms with E-state index in [9.17, 15) is 9.59 Å². The van der Waals surface area contributed by atoms with Crippen LogP contribution in [0.4, 0.5) is 4.79 Å². The quantitative estimate of drug-likeness (QED) is 0.784. The Morgan fingerprint density at radius 2 is 2.04 bits per heavy atom. The molecule has 27 heavy (non-hydrogen) atoms. The predicted octanol–water partition coefficient (Wildman–Crippen LogP) is 2.22. The molecule has 0 atom stereocenters. The van der Waals surface area contributed by atoms with Gasteiger partial charge in [0.1, 0.15) is 12.1 Å². The maximum absolute atomic E-state index is 12.2. The lowest BCUT2D eigenvalue weighted by Crippen LogP contribution is -2.43. The molecule has 0 fully saturated rings. The molecular formula is C19H25N3O5. The highest BCUT2D eigenvalue weighted by Crippen LogP contribution is 2.32. The number of ether oxygens (including phenoxy) is 3. The number of hydrogen-bond acceptors (Lipinski definition) is 6. The minimum absolute atomic E-state index is 0.129. The first-order chi connectivity index (χ1) is 12.8. The van der Waals surface area contributed by atoms with Crippen LogP contribution in [0.5, 0.6) is 11.5 Å². The van der Waals surface area contributed by atoms with Crippen LogP contribution >= 0.6 is 0 Å². The van der Waals surface area contributed by atoms with Gasteiger partial charge in [0.05, 0.1) is 12.5 Å². The van der Waals surface area contributed by atoms with Crippen molar-refractivity contribution in [2.45, 2.75) is 39.2 Å². The third-order valence-electron chi connectivity index (χ3n) is 3.65. The van der Waals surface area contributed by atoms with Crippen molar-refractivity contribution >= 4 is 12.0 Å². The van der Waals surface area contributed by atoms with E-state index in [1.54, 1.807) is 20.8 Å². The highest BCUT2D eigenvalue weighted by molar-refractivity contribution is 5.82. The lowest BCUT2D eigenvalue weighted by atomic mass is 10.1. The van der Waals surface area contributed by atoms with Crippen LogP contribution in [0.3, 0.4) is 0 Å². The Balaban J connectivity index is 1.82. The Hall–Kier alpha value is -2.95. The first-order valence-electron chi connectivity index (χ1n) is 8.78. The second kappa shape index (κ2) is 9.12. The van der Waals surface area contributed by atoms with Crippen molar-refractivity contribution in [3.8, 4) is 17.6 Å². The summed E-state index contributed by atoms with van der Waals surface area (Å²) in [6.07, 6.45) is 0.139. The molecule has 0 unspecified atom stereocenters. The Morgan fingerprint density at radius 3 is 2.74 bits per heavy atom. The fourth-order valence-electron chi connectivity index (χ4n) is 2.42. The molecule has 0 spiro atoms. The summed E-state index contributed by atoms with van der Waals surface area (Å²) in [4.78, 5) is 25.6. The average Bonchev–Trinajstić information content (AvgIpc) is 3.04. The van der Waals surface area contributed by atoms with Crippen LogP contribution in [0.2, 0.25) is 0 Å². The third-order valence-corrected chi connectivity index (χ3v) is 3.65. The number of amides is 2. The molecule has 0 radical (unpaired) electrons. The first kappa shape index (κ1) is 20.4. The van der Waals surface area contributed by atoms with Gasteiger partial charge in [0.15, 0.2) is 11.5 Å². The Morgan fingerprint density at radius 1 is 1.30 bits per heavy atom. The van der Waals surface area contributed by atoms with Crippen molar-refractivity contribution in [3.05, 3.63) is 23.8 Å². The van der Waals surface area contributed by atoms with Gasteiger partial charge >= 0.3 is 6.09 Å². The normalized spacial score (nSPS) is 12.2. The van der Waals surface area contributed by atoms with Crippen molar-refractivity contribution < 1.29 is 23.8 Å². The van der Waals surface area contributed by atoms with Gasteiger partial charge in [-0.3, -0.25) is 9.69 Å². The zero-order valence-corrected chi connectivity index (χ0v) is 15.9. The summed E-state index contributed by atoms with van der Waals surface area (Å²) in [5.74, 6) is 1.11. The zero-order valence-electron chi connectivity index (χ0n) is 15.9. The molecule has 0 aliphatic carbocycles. The van der Waals surface area contributed by atoms with Crippen molar-refractivity contribution in [1.82, 2.24) is 10.2 Å². The van der Waals surface area contributed by atoms with E-state index in [1.165, 1.54) is 4.90 Å². The van der Waals surface area contributed by atoms with E-state index in [2.05, 4.69) is 5.32 Å². The second-order valence-corrected chi connectivity index (χ2v) is 7.10. The summed E-state index contributed by atoms with van der Waals surface area (Å²) < 4.78 is 15.9. The molecule has 0 saturated carbocycles. The van der Waals surface area contributed by atoms with Crippen molar-refractivity contribution in [3.63, 3.8) is 0 Å². The van der Waals surface area contributed by atoms with E-state index in [0.717, 1.165) is 5.56 Å². The zero-order chi connectivity index (χ0) is 19.9. The SMILES string of the molecule is CC(C)(C)OC(=O)N(CCC#N)CC(=O)NCCc1ccc2c(c1)OCO2. The Kier molecular flexibility index (Phi) is 6.88. The molecule has 146 valence electrons. The minimum atomic E-state index is -0.669. The Labute approximate surface area is 159 Å². The summed E-state index contributed by atoms with van der Waals surface area (Å²) in [5.41, 5.74) is 0.339. The van der Waals surface area contributed by atoms with E-state index < -0.39 is 11.7 Å². The molecule has 1 aliphatic rings. The number of rotatable bonds is 7. The molecule has 1 heterocycles. The van der Waals surface area contributed by atoms with Crippen molar-refractivity contribution in [2.24, 2.45) is 0 Å². The maximum atomic E-state index is 12.2. The summed E-state index contributed by atoms with van der Waals surface area (Å²) in [7, 11) is 0. The molecule has 2 rings (SSSR count). The van der Waals surface area contributed by atoms with Gasteiger partial charge in [-0.2, -0.15) is 5.26 Å². The molecule has 0 bridgehead atoms. The molecule has 1 aromatic carbocycles. The lowest BCUT2D eigenvalue weighted by molar-refractivity contribution is -0.122. The number of benzene rings is 1. The van der Waals surface area contributed by atoms with E-state index in [0.29, 0.717) is 24.5 Å². The topological polar surface area (TPSA) is 101 Å². The maximum Gasteiger partial charge on any atom is 0.410 e. The second-order valence-electron chi connectivity index (χ2n) is 7.10. The summed E-state index contributed by atoms with van der Waals surface area (Å²) in [5, 5.41) is 11.5. The largest absolute Gasteiger partial charge is 0.454 e. The minimum Gasteiger partial charge on any atom is -0.454 e. The van der Waals surface area contributed by atoms with Crippen LogP contribution < -0.4 is 14.8 Å². The molecule has 8 heteroatoms. The van der Waals surface area contributed by atoms with Gasteiger partial charge in [0.25, 0.3) is 0 Å². The number of carbonyl (C=O) groups is 2. The van der Waals surface area contributed by atoms with Crippen LogP contribution in [0.15, 0.2) is 18.2 Å². The van der Waals surface area contributed by atoms with Gasteiger partial charge < -0.3 is 19.5 Å². The highest BCUT2D eigenvalue weighted by atomic mass is 16.7. The fourth-order valence-corrected chi connectivity index (χ4v) is 2.42. The molecule has 2 amide bonds. The first-order valence-corrected chi connectivity index (χ1v) is 8.78. The molecule has 1 N–H and O–H groups in total. The van der Waals surface area contributed by atoms with Crippen LogP contribution in [0, 0.1) is 11.3 Å². The van der Waals surface area contributed by atoms with Gasteiger partial charge in [-0.05, 0) is 44.9 Å². The number of carbonyl (C=O) groups excluding carboxylic acids is 2. The summed E-state index contributed by atoms with van der Waals surface area (Å²) in [6.45, 7) is 5.87. The predicted molar refractivity (Wildman–Crippen MR) is 97.3 cm³/mol. The number of hydrogen-bond donors (Lipinski definition) is 1.